The minimum atomic E-state index is -0.112. The first-order chi connectivity index (χ1) is 9.83. The first-order valence-electron chi connectivity index (χ1n) is 9.04. The van der Waals surface area contributed by atoms with E-state index in [0.717, 1.165) is 38.0 Å². The van der Waals surface area contributed by atoms with Gasteiger partial charge in [-0.05, 0) is 73.0 Å². The van der Waals surface area contributed by atoms with E-state index in [-0.39, 0.29) is 22.3 Å². The lowest BCUT2D eigenvalue weighted by Gasteiger charge is -2.61. The quantitative estimate of drug-likeness (QED) is 0.733. The highest BCUT2D eigenvalue weighted by atomic mass is 16.3. The van der Waals surface area contributed by atoms with Crippen LogP contribution in [0.3, 0.4) is 0 Å². The standard InChI is InChI=1S/C19H30O2/c1-17-9-7-15(20)14(17)5-4-13-12(17)6-10-19(3)16(21)8-11-18(13,19)2/h12-14,16,21H,4-11H2,1-3H3/t12-,13+,14+,16-,17+,18-,19+/m0/s1. The van der Waals surface area contributed by atoms with Crippen molar-refractivity contribution in [3.63, 3.8) is 0 Å². The zero-order valence-electron chi connectivity index (χ0n) is 13.8. The molecule has 0 amide bonds. The van der Waals surface area contributed by atoms with Crippen LogP contribution >= 0.6 is 0 Å². The van der Waals surface area contributed by atoms with Crippen molar-refractivity contribution in [1.29, 1.82) is 0 Å². The average molecular weight is 290 g/mol. The van der Waals surface area contributed by atoms with Gasteiger partial charge in [-0.1, -0.05) is 20.8 Å². The molecular formula is C19H30O2. The van der Waals surface area contributed by atoms with Gasteiger partial charge in [0.15, 0.2) is 0 Å². The number of aliphatic hydroxyl groups is 1. The van der Waals surface area contributed by atoms with Crippen molar-refractivity contribution in [3.8, 4) is 0 Å². The first kappa shape index (κ1) is 14.2. The van der Waals surface area contributed by atoms with Crippen molar-refractivity contribution < 1.29 is 9.90 Å². The molecule has 0 spiro atoms. The zero-order chi connectivity index (χ0) is 15.0. The summed E-state index contributed by atoms with van der Waals surface area (Å²) < 4.78 is 0. The molecule has 4 saturated carbocycles. The second-order valence-electron chi connectivity index (χ2n) is 9.24. The van der Waals surface area contributed by atoms with Gasteiger partial charge < -0.3 is 5.11 Å². The van der Waals surface area contributed by atoms with E-state index in [1.807, 2.05) is 0 Å². The van der Waals surface area contributed by atoms with Crippen LogP contribution in [-0.4, -0.2) is 17.0 Å². The van der Waals surface area contributed by atoms with Crippen LogP contribution in [0.25, 0.3) is 0 Å². The Morgan fingerprint density at radius 3 is 2.38 bits per heavy atom. The maximum Gasteiger partial charge on any atom is 0.136 e. The van der Waals surface area contributed by atoms with Gasteiger partial charge >= 0.3 is 0 Å². The lowest BCUT2D eigenvalue weighted by molar-refractivity contribution is -0.153. The summed E-state index contributed by atoms with van der Waals surface area (Å²) in [5.74, 6) is 2.32. The summed E-state index contributed by atoms with van der Waals surface area (Å²) >= 11 is 0. The van der Waals surface area contributed by atoms with Gasteiger partial charge in [0, 0.05) is 12.3 Å². The number of hydrogen-bond donors (Lipinski definition) is 1. The van der Waals surface area contributed by atoms with E-state index < -0.39 is 0 Å². The predicted octanol–water partition coefficient (Wildman–Crippen LogP) is 3.96. The molecule has 2 heteroatoms. The molecule has 0 saturated heterocycles. The van der Waals surface area contributed by atoms with Crippen LogP contribution < -0.4 is 0 Å². The van der Waals surface area contributed by atoms with Crippen LogP contribution in [-0.2, 0) is 4.79 Å². The minimum absolute atomic E-state index is 0.111. The molecule has 2 nitrogen and oxygen atoms in total. The van der Waals surface area contributed by atoms with Gasteiger partial charge in [0.2, 0.25) is 0 Å². The fraction of sp³-hybridized carbons (Fsp3) is 0.947. The summed E-state index contributed by atoms with van der Waals surface area (Å²) in [6.07, 6.45) is 8.70. The van der Waals surface area contributed by atoms with Gasteiger partial charge in [-0.3, -0.25) is 4.79 Å². The number of carbonyl (C=O) groups is 1. The molecule has 0 unspecified atom stereocenters. The molecule has 21 heavy (non-hydrogen) atoms. The number of carbonyl (C=O) groups excluding carboxylic acids is 1. The van der Waals surface area contributed by atoms with E-state index >= 15 is 0 Å². The summed E-state index contributed by atoms with van der Waals surface area (Å²) in [6, 6.07) is 0. The van der Waals surface area contributed by atoms with Crippen LogP contribution in [0.1, 0.15) is 72.1 Å². The van der Waals surface area contributed by atoms with E-state index in [0.29, 0.717) is 17.6 Å². The molecule has 0 heterocycles. The summed E-state index contributed by atoms with van der Waals surface area (Å²) in [7, 11) is 0. The fourth-order valence-electron chi connectivity index (χ4n) is 7.28. The monoisotopic (exact) mass is 290 g/mol. The minimum Gasteiger partial charge on any atom is -0.393 e. The number of ketones is 1. The van der Waals surface area contributed by atoms with Crippen LogP contribution in [0, 0.1) is 34.0 Å². The molecule has 4 rings (SSSR count). The molecule has 4 aliphatic carbocycles. The summed E-state index contributed by atoms with van der Waals surface area (Å²) in [5, 5.41) is 10.6. The van der Waals surface area contributed by atoms with Gasteiger partial charge in [0.1, 0.15) is 5.78 Å². The molecule has 4 fully saturated rings. The Kier molecular flexibility index (Phi) is 2.80. The lowest BCUT2D eigenvalue weighted by atomic mass is 9.43. The van der Waals surface area contributed by atoms with Crippen LogP contribution in [0.2, 0.25) is 0 Å². The molecule has 0 bridgehead atoms. The zero-order valence-corrected chi connectivity index (χ0v) is 13.8. The third kappa shape index (κ3) is 1.51. The Hall–Kier alpha value is -0.370. The SMILES string of the molecule is C[C@]12CCC(=O)[C@H]1CC[C@@H]1[C@@H]2CC[C@]2(C)[C@@H](O)CC[C@@]12C. The normalized spacial score (nSPS) is 59.5. The largest absolute Gasteiger partial charge is 0.393 e. The van der Waals surface area contributed by atoms with E-state index in [1.54, 1.807) is 0 Å². The van der Waals surface area contributed by atoms with Crippen molar-refractivity contribution in [1.82, 2.24) is 0 Å². The van der Waals surface area contributed by atoms with Gasteiger partial charge in [0.05, 0.1) is 6.10 Å². The Morgan fingerprint density at radius 1 is 0.905 bits per heavy atom. The number of Topliss-reactive ketones (excluding diaryl/α,β-unsaturated/α-hetero) is 1. The summed E-state index contributed by atoms with van der Waals surface area (Å²) in [6.45, 7) is 7.21. The van der Waals surface area contributed by atoms with E-state index in [4.69, 9.17) is 0 Å². The third-order valence-corrected chi connectivity index (χ3v) is 8.96. The fourth-order valence-corrected chi connectivity index (χ4v) is 7.28. The Labute approximate surface area is 128 Å². The highest BCUT2D eigenvalue weighted by Crippen LogP contribution is 2.71. The number of rotatable bonds is 0. The van der Waals surface area contributed by atoms with Crippen LogP contribution in [0.5, 0.6) is 0 Å². The molecule has 0 aromatic rings. The molecule has 1 N–H and O–H groups in total. The molecule has 0 aromatic heterocycles. The van der Waals surface area contributed by atoms with Crippen molar-refractivity contribution >= 4 is 5.78 Å². The molecule has 0 radical (unpaired) electrons. The highest BCUT2D eigenvalue weighted by molar-refractivity contribution is 5.84. The number of hydrogen-bond acceptors (Lipinski definition) is 2. The molecule has 118 valence electrons. The van der Waals surface area contributed by atoms with Gasteiger partial charge in [-0.2, -0.15) is 0 Å². The van der Waals surface area contributed by atoms with Gasteiger partial charge in [0.25, 0.3) is 0 Å². The Balaban J connectivity index is 1.73. The Morgan fingerprint density at radius 2 is 1.62 bits per heavy atom. The third-order valence-electron chi connectivity index (χ3n) is 8.96. The highest BCUT2D eigenvalue weighted by Gasteiger charge is 2.66. The molecule has 0 aromatic carbocycles. The van der Waals surface area contributed by atoms with Crippen molar-refractivity contribution in [2.45, 2.75) is 78.2 Å². The number of aliphatic hydroxyl groups excluding tert-OH is 1. The summed E-state index contributed by atoms with van der Waals surface area (Å²) in [4.78, 5) is 12.3. The number of fused-ring (bicyclic) bond motifs is 5. The molecular weight excluding hydrogens is 260 g/mol. The lowest BCUT2D eigenvalue weighted by Crippen LogP contribution is -2.56. The van der Waals surface area contributed by atoms with Gasteiger partial charge in [-0.15, -0.1) is 0 Å². The van der Waals surface area contributed by atoms with Crippen LogP contribution in [0.15, 0.2) is 0 Å². The maximum atomic E-state index is 12.3. The van der Waals surface area contributed by atoms with E-state index in [2.05, 4.69) is 20.8 Å². The first-order valence-corrected chi connectivity index (χ1v) is 9.04. The van der Waals surface area contributed by atoms with Gasteiger partial charge in [-0.25, -0.2) is 0 Å². The molecule has 7 atom stereocenters. The maximum absolute atomic E-state index is 12.3. The van der Waals surface area contributed by atoms with Crippen molar-refractivity contribution in [2.75, 3.05) is 0 Å². The smallest absolute Gasteiger partial charge is 0.136 e. The second kappa shape index (κ2) is 4.13. The van der Waals surface area contributed by atoms with E-state index in [1.165, 1.54) is 19.3 Å². The summed E-state index contributed by atoms with van der Waals surface area (Å²) in [5.41, 5.74) is 0.660. The molecule has 4 aliphatic rings. The average Bonchev–Trinajstić information content (AvgIpc) is 2.88. The Bertz CT molecular complexity index is 486. The van der Waals surface area contributed by atoms with Crippen LogP contribution in [0.4, 0.5) is 0 Å². The predicted molar refractivity (Wildman–Crippen MR) is 82.7 cm³/mol. The van der Waals surface area contributed by atoms with Crippen molar-refractivity contribution in [3.05, 3.63) is 0 Å². The van der Waals surface area contributed by atoms with Crippen molar-refractivity contribution in [2.24, 2.45) is 34.0 Å². The topological polar surface area (TPSA) is 37.3 Å². The second-order valence-corrected chi connectivity index (χ2v) is 9.24. The van der Waals surface area contributed by atoms with E-state index in [9.17, 15) is 9.90 Å². The molecule has 0 aliphatic heterocycles.